The monoisotopic (exact) mass is 268 g/mol. The Labute approximate surface area is 122 Å². The van der Waals surface area contributed by atoms with Crippen LogP contribution in [0, 0.1) is 20.8 Å². The molecule has 2 aromatic rings. The highest BCUT2D eigenvalue weighted by Gasteiger charge is 2.13. The fraction of sp³-hybridized carbons (Fsp3) is 0.333. The molecular weight excluding hydrogens is 244 g/mol. The number of aryl methyl sites for hydroxylation is 3. The quantitative estimate of drug-likeness (QED) is 0.915. The van der Waals surface area contributed by atoms with Crippen LogP contribution in [0.3, 0.4) is 0 Å². The van der Waals surface area contributed by atoms with Crippen molar-refractivity contribution in [1.29, 1.82) is 0 Å². The molecule has 2 rings (SSSR count). The summed E-state index contributed by atoms with van der Waals surface area (Å²) in [5, 5.41) is 0. The van der Waals surface area contributed by atoms with E-state index in [0.29, 0.717) is 0 Å². The molecule has 0 aliphatic heterocycles. The first kappa shape index (κ1) is 14.6. The number of anilines is 1. The molecule has 0 saturated carbocycles. The fourth-order valence-corrected chi connectivity index (χ4v) is 2.64. The average molecular weight is 268 g/mol. The first-order valence-electron chi connectivity index (χ1n) is 7.08. The fourth-order valence-electron chi connectivity index (χ4n) is 2.64. The first-order valence-corrected chi connectivity index (χ1v) is 7.08. The van der Waals surface area contributed by atoms with Gasteiger partial charge in [-0.1, -0.05) is 42.0 Å². The van der Waals surface area contributed by atoms with Gasteiger partial charge in [0.15, 0.2) is 0 Å². The summed E-state index contributed by atoms with van der Waals surface area (Å²) in [5.74, 6) is 0. The summed E-state index contributed by atoms with van der Waals surface area (Å²) in [6, 6.07) is 14.9. The Balaban J connectivity index is 2.17. The van der Waals surface area contributed by atoms with E-state index in [-0.39, 0.29) is 6.04 Å². The Hall–Kier alpha value is -1.80. The predicted octanol–water partition coefficient (Wildman–Crippen LogP) is 3.75. The molecule has 2 N–H and O–H groups in total. The largest absolute Gasteiger partial charge is 0.372 e. The molecule has 0 saturated heterocycles. The maximum absolute atomic E-state index is 6.41. The number of para-hydroxylation sites is 1. The van der Waals surface area contributed by atoms with Gasteiger partial charge in [0.05, 0.1) is 0 Å². The predicted molar refractivity (Wildman–Crippen MR) is 87.3 cm³/mol. The highest BCUT2D eigenvalue weighted by Crippen LogP contribution is 2.22. The van der Waals surface area contributed by atoms with Crippen LogP contribution in [0.25, 0.3) is 0 Å². The van der Waals surface area contributed by atoms with Gasteiger partial charge in [0.25, 0.3) is 0 Å². The zero-order valence-corrected chi connectivity index (χ0v) is 12.9. The Bertz CT molecular complexity index is 590. The Kier molecular flexibility index (Phi) is 4.46. The topological polar surface area (TPSA) is 29.3 Å². The molecule has 0 fully saturated rings. The molecule has 1 unspecified atom stereocenters. The molecule has 0 amide bonds. The maximum atomic E-state index is 6.41. The van der Waals surface area contributed by atoms with Crippen LogP contribution < -0.4 is 10.6 Å². The van der Waals surface area contributed by atoms with Crippen LogP contribution in [0.15, 0.2) is 42.5 Å². The molecule has 0 aliphatic rings. The third-order valence-corrected chi connectivity index (χ3v) is 3.83. The number of hydrogen-bond donors (Lipinski definition) is 1. The third-order valence-electron chi connectivity index (χ3n) is 3.83. The molecule has 20 heavy (non-hydrogen) atoms. The lowest BCUT2D eigenvalue weighted by molar-refractivity contribution is 0.698. The van der Waals surface area contributed by atoms with Crippen LogP contribution in [0.2, 0.25) is 0 Å². The van der Waals surface area contributed by atoms with Crippen molar-refractivity contribution >= 4 is 5.69 Å². The van der Waals surface area contributed by atoms with Gasteiger partial charge in [0.1, 0.15) is 0 Å². The molecule has 2 nitrogen and oxygen atoms in total. The molecule has 2 aromatic carbocycles. The first-order chi connectivity index (χ1) is 9.49. The molecule has 0 bridgehead atoms. The van der Waals surface area contributed by atoms with E-state index in [9.17, 15) is 0 Å². The summed E-state index contributed by atoms with van der Waals surface area (Å²) < 4.78 is 0. The number of rotatable bonds is 4. The average Bonchev–Trinajstić information content (AvgIpc) is 2.41. The molecule has 106 valence electrons. The van der Waals surface area contributed by atoms with E-state index >= 15 is 0 Å². The van der Waals surface area contributed by atoms with E-state index in [1.165, 1.54) is 27.9 Å². The van der Waals surface area contributed by atoms with Crippen molar-refractivity contribution in [2.75, 3.05) is 18.5 Å². The summed E-state index contributed by atoms with van der Waals surface area (Å²) in [7, 11) is 2.10. The lowest BCUT2D eigenvalue weighted by Gasteiger charge is -2.26. The zero-order chi connectivity index (χ0) is 14.7. The smallest absolute Gasteiger partial charge is 0.0475 e. The van der Waals surface area contributed by atoms with Crippen LogP contribution in [0.5, 0.6) is 0 Å². The SMILES string of the molecule is Cc1ccc(C)c(C(N)CN(C)c2ccccc2C)c1. The summed E-state index contributed by atoms with van der Waals surface area (Å²) >= 11 is 0. The zero-order valence-electron chi connectivity index (χ0n) is 12.9. The number of benzene rings is 2. The molecule has 0 radical (unpaired) electrons. The molecular formula is C18H24N2. The molecule has 0 spiro atoms. The van der Waals surface area contributed by atoms with Crippen molar-refractivity contribution in [1.82, 2.24) is 0 Å². The van der Waals surface area contributed by atoms with E-state index in [0.717, 1.165) is 6.54 Å². The van der Waals surface area contributed by atoms with Crippen molar-refractivity contribution in [3.63, 3.8) is 0 Å². The standard InChI is InChI=1S/C18H24N2/c1-13-9-10-14(2)16(11-13)17(19)12-20(4)18-8-6-5-7-15(18)3/h5-11,17H,12,19H2,1-4H3. The van der Waals surface area contributed by atoms with Gasteiger partial charge >= 0.3 is 0 Å². The second kappa shape index (κ2) is 6.10. The van der Waals surface area contributed by atoms with Gasteiger partial charge < -0.3 is 10.6 Å². The van der Waals surface area contributed by atoms with E-state index in [1.807, 2.05) is 0 Å². The molecule has 0 aromatic heterocycles. The number of nitrogens with two attached hydrogens (primary N) is 1. The van der Waals surface area contributed by atoms with Gasteiger partial charge in [0, 0.05) is 25.3 Å². The van der Waals surface area contributed by atoms with Crippen molar-refractivity contribution < 1.29 is 0 Å². The highest BCUT2D eigenvalue weighted by atomic mass is 15.1. The minimum Gasteiger partial charge on any atom is -0.372 e. The van der Waals surface area contributed by atoms with E-state index in [2.05, 4.69) is 75.2 Å². The van der Waals surface area contributed by atoms with Gasteiger partial charge in [-0.25, -0.2) is 0 Å². The molecule has 1 atom stereocenters. The Morgan fingerprint density at radius 1 is 1.00 bits per heavy atom. The van der Waals surface area contributed by atoms with Gasteiger partial charge in [-0.2, -0.15) is 0 Å². The summed E-state index contributed by atoms with van der Waals surface area (Å²) in [4.78, 5) is 2.24. The lowest BCUT2D eigenvalue weighted by atomic mass is 9.99. The Morgan fingerprint density at radius 2 is 1.70 bits per heavy atom. The summed E-state index contributed by atoms with van der Waals surface area (Å²) in [5.41, 5.74) is 12.7. The number of hydrogen-bond acceptors (Lipinski definition) is 2. The van der Waals surface area contributed by atoms with Crippen LogP contribution in [0.1, 0.15) is 28.3 Å². The maximum Gasteiger partial charge on any atom is 0.0475 e. The van der Waals surface area contributed by atoms with E-state index < -0.39 is 0 Å². The lowest BCUT2D eigenvalue weighted by Crippen LogP contribution is -2.29. The van der Waals surface area contributed by atoms with E-state index in [1.54, 1.807) is 0 Å². The second-order valence-corrected chi connectivity index (χ2v) is 5.63. The van der Waals surface area contributed by atoms with Crippen molar-refractivity contribution in [3.05, 3.63) is 64.7 Å². The van der Waals surface area contributed by atoms with Crippen molar-refractivity contribution in [2.45, 2.75) is 26.8 Å². The van der Waals surface area contributed by atoms with Crippen molar-refractivity contribution in [2.24, 2.45) is 5.73 Å². The molecule has 2 heteroatoms. The Morgan fingerprint density at radius 3 is 2.40 bits per heavy atom. The normalized spacial score (nSPS) is 12.2. The van der Waals surface area contributed by atoms with Crippen LogP contribution in [-0.4, -0.2) is 13.6 Å². The van der Waals surface area contributed by atoms with Crippen molar-refractivity contribution in [3.8, 4) is 0 Å². The summed E-state index contributed by atoms with van der Waals surface area (Å²) in [6.45, 7) is 7.19. The van der Waals surface area contributed by atoms with Crippen LogP contribution in [0.4, 0.5) is 5.69 Å². The number of nitrogens with zero attached hydrogens (tertiary/aromatic N) is 1. The molecule has 0 heterocycles. The highest BCUT2D eigenvalue weighted by molar-refractivity contribution is 5.52. The minimum absolute atomic E-state index is 0.0273. The molecule has 0 aliphatic carbocycles. The van der Waals surface area contributed by atoms with Gasteiger partial charge in [-0.15, -0.1) is 0 Å². The second-order valence-electron chi connectivity index (χ2n) is 5.63. The van der Waals surface area contributed by atoms with E-state index in [4.69, 9.17) is 5.73 Å². The van der Waals surface area contributed by atoms with Crippen LogP contribution in [-0.2, 0) is 0 Å². The number of likely N-dealkylation sites (N-methyl/N-ethyl adjacent to an activating group) is 1. The minimum atomic E-state index is 0.0273. The summed E-state index contributed by atoms with van der Waals surface area (Å²) in [6.07, 6.45) is 0. The van der Waals surface area contributed by atoms with Crippen LogP contribution >= 0.6 is 0 Å². The van der Waals surface area contributed by atoms with Gasteiger partial charge in [-0.05, 0) is 43.5 Å². The van der Waals surface area contributed by atoms with Gasteiger partial charge in [-0.3, -0.25) is 0 Å². The van der Waals surface area contributed by atoms with Gasteiger partial charge in [0.2, 0.25) is 0 Å². The third kappa shape index (κ3) is 3.20.